The molecule has 0 amide bonds. The van der Waals surface area contributed by atoms with Crippen LogP contribution >= 0.6 is 7.82 Å². The van der Waals surface area contributed by atoms with Gasteiger partial charge in [0.05, 0.1) is 26.4 Å². The number of fused-ring (bicyclic) bond motifs is 1. The van der Waals surface area contributed by atoms with Crippen LogP contribution < -0.4 is 4.89 Å². The van der Waals surface area contributed by atoms with Gasteiger partial charge in [0.2, 0.25) is 0 Å². The summed E-state index contributed by atoms with van der Waals surface area (Å²) in [6.07, 6.45) is 25.0. The van der Waals surface area contributed by atoms with Gasteiger partial charge in [-0.3, -0.25) is 4.52 Å². The van der Waals surface area contributed by atoms with Gasteiger partial charge in [-0.05, 0) is 30.7 Å². The third kappa shape index (κ3) is 18.5. The molecule has 0 aliphatic rings. The van der Waals surface area contributed by atoms with Crippen LogP contribution in [0.2, 0.25) is 0 Å². The van der Waals surface area contributed by atoms with E-state index in [0.29, 0.717) is 25.6 Å². The summed E-state index contributed by atoms with van der Waals surface area (Å²) in [6, 6.07) is 11.9. The van der Waals surface area contributed by atoms with Crippen molar-refractivity contribution in [3.63, 3.8) is 0 Å². The van der Waals surface area contributed by atoms with Gasteiger partial charge in [-0.25, -0.2) is 4.57 Å². The van der Waals surface area contributed by atoms with Gasteiger partial charge in [0.25, 0.3) is 0 Å². The van der Waals surface area contributed by atoms with Crippen molar-refractivity contribution >= 4 is 18.6 Å². The smallest absolute Gasteiger partial charge is 0.379 e. The molecule has 7 nitrogen and oxygen atoms in total. The first-order valence-electron chi connectivity index (χ1n) is 17.6. The Balaban J connectivity index is 1.60. The van der Waals surface area contributed by atoms with Crippen LogP contribution in [-0.2, 0) is 29.7 Å². The highest BCUT2D eigenvalue weighted by molar-refractivity contribution is 7.47. The molecule has 0 aliphatic carbocycles. The van der Waals surface area contributed by atoms with E-state index >= 15 is 0 Å². The fraction of sp³-hybridized carbons (Fsp3) is 0.722. The lowest BCUT2D eigenvalue weighted by Gasteiger charge is -2.15. The second kappa shape index (κ2) is 25.7. The van der Waals surface area contributed by atoms with Gasteiger partial charge < -0.3 is 19.3 Å². The molecule has 8 heteroatoms. The second-order valence-corrected chi connectivity index (χ2v) is 13.1. The van der Waals surface area contributed by atoms with Gasteiger partial charge in [0.1, 0.15) is 0 Å². The molecule has 0 aliphatic heterocycles. The zero-order chi connectivity index (χ0) is 31.6. The minimum absolute atomic E-state index is 0.0923. The number of unbranched alkanes of at least 4 members (excludes halogenated alkanes) is 17. The van der Waals surface area contributed by atoms with Crippen LogP contribution in [0.1, 0.15) is 135 Å². The molecule has 0 aromatic heterocycles. The van der Waals surface area contributed by atoms with Gasteiger partial charge in [-0.2, -0.15) is 0 Å². The van der Waals surface area contributed by atoms with Gasteiger partial charge >= 0.3 is 7.82 Å². The first-order chi connectivity index (χ1) is 21.6. The van der Waals surface area contributed by atoms with Crippen molar-refractivity contribution in [3.8, 4) is 5.75 Å². The summed E-state index contributed by atoms with van der Waals surface area (Å²) in [4.78, 5) is 15.6. The van der Waals surface area contributed by atoms with Crippen LogP contribution in [0.15, 0.2) is 36.4 Å². The van der Waals surface area contributed by atoms with Gasteiger partial charge in [0, 0.05) is 12.0 Å². The monoisotopic (exact) mass is 636 g/mol. The molecule has 0 fully saturated rings. The lowest BCUT2D eigenvalue weighted by Crippen LogP contribution is -2.09. The van der Waals surface area contributed by atoms with Crippen molar-refractivity contribution in [3.05, 3.63) is 42.0 Å². The average Bonchev–Trinajstić information content (AvgIpc) is 3.03. The van der Waals surface area contributed by atoms with Crippen LogP contribution in [0.3, 0.4) is 0 Å². The number of ether oxygens (including phenoxy) is 2. The molecule has 0 radical (unpaired) electrons. The van der Waals surface area contributed by atoms with Crippen LogP contribution in [0.4, 0.5) is 0 Å². The zero-order valence-electron chi connectivity index (χ0n) is 27.8. The molecule has 1 N–H and O–H groups in total. The molecule has 0 spiro atoms. The lowest BCUT2D eigenvalue weighted by atomic mass is 10.00. The van der Waals surface area contributed by atoms with Crippen LogP contribution in [0, 0.1) is 0 Å². The van der Waals surface area contributed by atoms with Crippen LogP contribution in [0.5, 0.6) is 5.75 Å². The van der Waals surface area contributed by atoms with E-state index in [9.17, 15) is 9.46 Å². The molecule has 2 aromatic rings. The predicted molar refractivity (Wildman–Crippen MR) is 181 cm³/mol. The summed E-state index contributed by atoms with van der Waals surface area (Å²) in [7, 11) is -4.42. The first kappa shape index (κ1) is 38.7. The number of hydrogen-bond acceptors (Lipinski definition) is 6. The van der Waals surface area contributed by atoms with Crippen LogP contribution in [0.25, 0.3) is 10.8 Å². The standard InChI is InChI=1S/C36H61O7P/c1-3-5-6-7-8-9-10-11-12-13-14-15-16-17-18-19-20-21-25-34-28-27-33-24-22-23-26-35(33)36(34)42-43-44(37,38)41-32-31-40-30-29-39-4-2/h22-24,26-28H,3-21,25,29-32H2,1-2H3,(H,37,38). The average molecular weight is 637 g/mol. The Bertz CT molecular complexity index is 1020. The molecule has 0 bridgehead atoms. The maximum Gasteiger partial charge on any atom is 0.508 e. The Kier molecular flexibility index (Phi) is 22.6. The van der Waals surface area contributed by atoms with E-state index < -0.39 is 7.82 Å². The Hall–Kier alpha value is -1.47. The van der Waals surface area contributed by atoms with E-state index in [2.05, 4.69) is 13.0 Å². The largest absolute Gasteiger partial charge is 0.508 e. The summed E-state index contributed by atoms with van der Waals surface area (Å²) in [5.41, 5.74) is 0.958. The zero-order valence-corrected chi connectivity index (χ0v) is 28.7. The minimum Gasteiger partial charge on any atom is -0.379 e. The second-order valence-electron chi connectivity index (χ2n) is 11.8. The van der Waals surface area contributed by atoms with Crippen molar-refractivity contribution in [2.24, 2.45) is 0 Å². The van der Waals surface area contributed by atoms with Crippen molar-refractivity contribution in [1.29, 1.82) is 0 Å². The van der Waals surface area contributed by atoms with E-state index in [1.807, 2.05) is 37.3 Å². The van der Waals surface area contributed by atoms with Crippen molar-refractivity contribution in [1.82, 2.24) is 0 Å². The molecular formula is C36H61O7P. The maximum absolute atomic E-state index is 12.4. The highest BCUT2D eigenvalue weighted by Gasteiger charge is 2.25. The SMILES string of the molecule is CCCCCCCCCCCCCCCCCCCCc1ccc2ccccc2c1OOP(=O)(O)OCCOCCOCC. The Morgan fingerprint density at radius 2 is 1.14 bits per heavy atom. The number of aryl methyl sites for hydroxylation is 1. The topological polar surface area (TPSA) is 83.5 Å². The number of phosphoric ester groups is 1. The Morgan fingerprint density at radius 3 is 1.73 bits per heavy atom. The quantitative estimate of drug-likeness (QED) is 0.0395. The third-order valence-corrected chi connectivity index (χ3v) is 8.81. The number of rotatable bonds is 30. The van der Waals surface area contributed by atoms with E-state index in [-0.39, 0.29) is 13.2 Å². The molecule has 2 rings (SSSR count). The fourth-order valence-electron chi connectivity index (χ4n) is 5.48. The molecule has 44 heavy (non-hydrogen) atoms. The van der Waals surface area contributed by atoms with Crippen molar-refractivity contribution in [2.75, 3.05) is 33.0 Å². The molecule has 252 valence electrons. The summed E-state index contributed by atoms with van der Waals surface area (Å²) in [6.45, 7) is 5.73. The molecule has 0 heterocycles. The molecular weight excluding hydrogens is 575 g/mol. The summed E-state index contributed by atoms with van der Waals surface area (Å²) < 4.78 is 32.9. The Morgan fingerprint density at radius 1 is 0.614 bits per heavy atom. The number of phosphoric acid groups is 1. The summed E-state index contributed by atoms with van der Waals surface area (Å²) in [5.74, 6) is 0.473. The number of hydrogen-bond donors (Lipinski definition) is 1. The van der Waals surface area contributed by atoms with E-state index in [1.54, 1.807) is 0 Å². The molecule has 0 saturated heterocycles. The van der Waals surface area contributed by atoms with Gasteiger partial charge in [-0.15, -0.1) is 0 Å². The van der Waals surface area contributed by atoms with E-state index in [1.165, 1.54) is 103 Å². The summed E-state index contributed by atoms with van der Waals surface area (Å²) >= 11 is 0. The van der Waals surface area contributed by atoms with Crippen LogP contribution in [-0.4, -0.2) is 37.9 Å². The lowest BCUT2D eigenvalue weighted by molar-refractivity contribution is -0.128. The fourth-order valence-corrected chi connectivity index (χ4v) is 6.00. The molecule has 2 aromatic carbocycles. The van der Waals surface area contributed by atoms with Crippen molar-refractivity contribution < 1.29 is 33.0 Å². The van der Waals surface area contributed by atoms with Gasteiger partial charge in [-0.1, -0.05) is 157 Å². The molecule has 1 unspecified atom stereocenters. The Labute approximate surface area is 267 Å². The number of benzene rings is 2. The molecule has 1 atom stereocenters. The normalized spacial score (nSPS) is 13.0. The van der Waals surface area contributed by atoms with E-state index in [0.717, 1.165) is 35.6 Å². The minimum atomic E-state index is -4.42. The summed E-state index contributed by atoms with van der Waals surface area (Å²) in [5, 5.41) is 1.82. The van der Waals surface area contributed by atoms with E-state index in [4.69, 9.17) is 23.6 Å². The third-order valence-electron chi connectivity index (χ3n) is 8.03. The van der Waals surface area contributed by atoms with Crippen molar-refractivity contribution in [2.45, 2.75) is 136 Å². The molecule has 0 saturated carbocycles. The maximum atomic E-state index is 12.4. The predicted octanol–water partition coefficient (Wildman–Crippen LogP) is 10.9. The highest BCUT2D eigenvalue weighted by Crippen LogP contribution is 2.45. The highest BCUT2D eigenvalue weighted by atomic mass is 31.2. The van der Waals surface area contributed by atoms with Gasteiger partial charge in [0.15, 0.2) is 5.75 Å². The first-order valence-corrected chi connectivity index (χ1v) is 19.1.